The number of hydrogen-bond donors (Lipinski definition) is 1. The summed E-state index contributed by atoms with van der Waals surface area (Å²) in [7, 11) is 1.58. The van der Waals surface area contributed by atoms with Gasteiger partial charge >= 0.3 is 5.97 Å². The molecule has 1 aliphatic carbocycles. The number of aromatic nitrogens is 3. The summed E-state index contributed by atoms with van der Waals surface area (Å²) in [5.41, 5.74) is 4.01. The lowest BCUT2D eigenvalue weighted by Crippen LogP contribution is -2.37. The lowest BCUT2D eigenvalue weighted by atomic mass is 9.91. The van der Waals surface area contributed by atoms with Crippen molar-refractivity contribution in [2.75, 3.05) is 26.8 Å². The van der Waals surface area contributed by atoms with E-state index in [-0.39, 0.29) is 17.1 Å². The molecular weight excluding hydrogens is 582 g/mol. The lowest BCUT2D eigenvalue weighted by molar-refractivity contribution is -0.0592. The molecule has 1 saturated carbocycles. The fourth-order valence-electron chi connectivity index (χ4n) is 6.64. The lowest BCUT2D eigenvalue weighted by Gasteiger charge is -2.32. The highest BCUT2D eigenvalue weighted by molar-refractivity contribution is 6.35. The number of carboxylic acids is 1. The monoisotopic (exact) mass is 613 g/mol. The molecule has 44 heavy (non-hydrogen) atoms. The number of ether oxygens (including phenoxy) is 3. The van der Waals surface area contributed by atoms with Crippen LogP contribution in [0, 0.1) is 17.2 Å². The third kappa shape index (κ3) is 5.25. The number of methoxy groups -OCH3 is 1. The Morgan fingerprint density at radius 1 is 1.25 bits per heavy atom. The molecule has 3 unspecified atom stereocenters. The zero-order valence-electron chi connectivity index (χ0n) is 24.3. The number of carboxylic acid groups (broad SMARTS) is 1. The van der Waals surface area contributed by atoms with Gasteiger partial charge in [-0.15, -0.1) is 0 Å². The van der Waals surface area contributed by atoms with Crippen molar-refractivity contribution < 1.29 is 24.1 Å². The van der Waals surface area contributed by atoms with Gasteiger partial charge in [-0.1, -0.05) is 23.7 Å². The molecule has 10 nitrogen and oxygen atoms in total. The summed E-state index contributed by atoms with van der Waals surface area (Å²) in [6.07, 6.45) is 3.11. The molecule has 7 rings (SSSR count). The summed E-state index contributed by atoms with van der Waals surface area (Å²) in [5.74, 6) is 1.53. The fraction of sp³-hybridized carbons (Fsp3) is 0.394. The molecule has 226 valence electrons. The highest BCUT2D eigenvalue weighted by Crippen LogP contribution is 2.59. The average molecular weight is 614 g/mol. The van der Waals surface area contributed by atoms with Gasteiger partial charge in [0, 0.05) is 30.2 Å². The zero-order valence-corrected chi connectivity index (χ0v) is 25.1. The van der Waals surface area contributed by atoms with Gasteiger partial charge in [0.15, 0.2) is 0 Å². The normalized spacial score (nSPS) is 22.6. The molecule has 4 heterocycles. The molecule has 2 aliphatic heterocycles. The molecule has 2 aromatic carbocycles. The first kappa shape index (κ1) is 28.6. The number of halogens is 1. The maximum atomic E-state index is 11.7. The molecule has 11 heteroatoms. The average Bonchev–Trinajstić information content (AvgIpc) is 3.65. The highest BCUT2D eigenvalue weighted by atomic mass is 35.5. The van der Waals surface area contributed by atoms with Gasteiger partial charge in [0.25, 0.3) is 0 Å². The molecule has 3 atom stereocenters. The van der Waals surface area contributed by atoms with E-state index in [9.17, 15) is 9.90 Å². The molecule has 0 bridgehead atoms. The van der Waals surface area contributed by atoms with Crippen LogP contribution in [-0.2, 0) is 29.8 Å². The third-order valence-corrected chi connectivity index (χ3v) is 9.58. The van der Waals surface area contributed by atoms with Crippen molar-refractivity contribution in [3.8, 4) is 17.7 Å². The van der Waals surface area contributed by atoms with Crippen molar-refractivity contribution in [2.24, 2.45) is 5.92 Å². The number of piperidine rings is 1. The first-order valence-corrected chi connectivity index (χ1v) is 15.2. The molecule has 0 spiro atoms. The van der Waals surface area contributed by atoms with Crippen LogP contribution in [0.3, 0.4) is 0 Å². The number of nitrogens with zero attached hydrogens (tertiary/aromatic N) is 5. The van der Waals surface area contributed by atoms with E-state index in [1.807, 2.05) is 18.2 Å². The molecular formula is C33H32ClN5O5. The predicted octanol–water partition coefficient (Wildman–Crippen LogP) is 5.19. The SMILES string of the molecule is COc1cc(C#N)ccc1COc1cccc(C23CCN(Cc4nc5c(Cl)cc(C(=O)O)cc5n4CC4CCO4)CC2C3)n1. The van der Waals surface area contributed by atoms with Crippen molar-refractivity contribution >= 4 is 28.6 Å². The van der Waals surface area contributed by atoms with Gasteiger partial charge in [0.05, 0.1) is 59.7 Å². The maximum Gasteiger partial charge on any atom is 0.335 e. The van der Waals surface area contributed by atoms with E-state index in [1.54, 1.807) is 25.3 Å². The van der Waals surface area contributed by atoms with E-state index in [4.69, 9.17) is 41.0 Å². The van der Waals surface area contributed by atoms with Crippen LogP contribution < -0.4 is 9.47 Å². The summed E-state index contributed by atoms with van der Waals surface area (Å²) in [5, 5.41) is 19.1. The number of hydrogen-bond acceptors (Lipinski definition) is 8. The number of aromatic carboxylic acids is 1. The van der Waals surface area contributed by atoms with Crippen molar-refractivity contribution in [1.82, 2.24) is 19.4 Å². The van der Waals surface area contributed by atoms with Gasteiger partial charge in [-0.25, -0.2) is 14.8 Å². The molecule has 2 aromatic heterocycles. The van der Waals surface area contributed by atoms with Crippen LogP contribution in [0.25, 0.3) is 11.0 Å². The smallest absolute Gasteiger partial charge is 0.335 e. The van der Waals surface area contributed by atoms with E-state index in [0.717, 1.165) is 61.6 Å². The highest BCUT2D eigenvalue weighted by Gasteiger charge is 2.58. The van der Waals surface area contributed by atoms with Crippen LogP contribution in [0.5, 0.6) is 11.6 Å². The first-order chi connectivity index (χ1) is 21.4. The van der Waals surface area contributed by atoms with Gasteiger partial charge < -0.3 is 23.9 Å². The third-order valence-electron chi connectivity index (χ3n) is 9.29. The van der Waals surface area contributed by atoms with Gasteiger partial charge in [-0.3, -0.25) is 4.90 Å². The van der Waals surface area contributed by atoms with E-state index in [1.165, 1.54) is 6.07 Å². The Hall–Kier alpha value is -4.17. The van der Waals surface area contributed by atoms with Gasteiger partial charge in [-0.05, 0) is 62.1 Å². The first-order valence-electron chi connectivity index (χ1n) is 14.8. The molecule has 4 aromatic rings. The van der Waals surface area contributed by atoms with Crippen LogP contribution in [-0.4, -0.2) is 63.4 Å². The number of fused-ring (bicyclic) bond motifs is 2. The molecule has 0 amide bonds. The second-order valence-corrected chi connectivity index (χ2v) is 12.3. The summed E-state index contributed by atoms with van der Waals surface area (Å²) >= 11 is 6.51. The number of pyridine rings is 1. The van der Waals surface area contributed by atoms with Crippen molar-refractivity contribution in [3.05, 3.63) is 81.8 Å². The van der Waals surface area contributed by atoms with Gasteiger partial charge in [-0.2, -0.15) is 5.26 Å². The number of imidazole rings is 1. The Kier molecular flexibility index (Phi) is 7.41. The van der Waals surface area contributed by atoms with Crippen LogP contribution >= 0.6 is 11.6 Å². The van der Waals surface area contributed by atoms with Gasteiger partial charge in [0.1, 0.15) is 23.7 Å². The van der Waals surface area contributed by atoms with Crippen LogP contribution in [0.1, 0.15) is 52.3 Å². The minimum atomic E-state index is -1.01. The summed E-state index contributed by atoms with van der Waals surface area (Å²) in [4.78, 5) is 24.0. The number of carbonyl (C=O) groups is 1. The summed E-state index contributed by atoms with van der Waals surface area (Å²) in [6.45, 7) is 4.12. The predicted molar refractivity (Wildman–Crippen MR) is 162 cm³/mol. The Bertz CT molecular complexity index is 1800. The number of benzene rings is 2. The summed E-state index contributed by atoms with van der Waals surface area (Å²) in [6, 6.07) is 16.6. The molecule has 3 fully saturated rings. The second kappa shape index (κ2) is 11.4. The van der Waals surface area contributed by atoms with Crippen LogP contribution in [0.2, 0.25) is 5.02 Å². The van der Waals surface area contributed by atoms with E-state index < -0.39 is 5.97 Å². The van der Waals surface area contributed by atoms with Crippen molar-refractivity contribution in [2.45, 2.75) is 50.5 Å². The minimum Gasteiger partial charge on any atom is -0.496 e. The van der Waals surface area contributed by atoms with Crippen LogP contribution in [0.15, 0.2) is 48.5 Å². The maximum absolute atomic E-state index is 11.7. The van der Waals surface area contributed by atoms with Gasteiger partial charge in [0.2, 0.25) is 5.88 Å². The standard InChI is InChI=1S/C33H32ClN5O5/c1-42-27-11-20(15-35)5-6-21(27)19-44-30-4-2-3-28(36-30)33-8-9-38(16-23(33)14-33)18-29-37-31-25(34)12-22(32(40)41)13-26(31)39(29)17-24-7-10-43-24/h2-6,11-13,23-24H,7-10,14,16-19H2,1H3,(H,40,41). The molecule has 0 radical (unpaired) electrons. The van der Waals surface area contributed by atoms with E-state index in [0.29, 0.717) is 53.3 Å². The molecule has 2 saturated heterocycles. The Morgan fingerprint density at radius 3 is 2.84 bits per heavy atom. The molecule has 1 N–H and O–H groups in total. The topological polar surface area (TPSA) is 123 Å². The Morgan fingerprint density at radius 2 is 2.11 bits per heavy atom. The van der Waals surface area contributed by atoms with Crippen LogP contribution in [0.4, 0.5) is 0 Å². The Labute approximate surface area is 259 Å². The quantitative estimate of drug-likeness (QED) is 0.257. The number of rotatable bonds is 10. The van der Waals surface area contributed by atoms with E-state index >= 15 is 0 Å². The fourth-order valence-corrected chi connectivity index (χ4v) is 6.90. The largest absolute Gasteiger partial charge is 0.496 e. The van der Waals surface area contributed by atoms with E-state index in [2.05, 4.69) is 21.6 Å². The number of likely N-dealkylation sites (tertiary alicyclic amines) is 1. The Balaban J connectivity index is 1.05. The van der Waals surface area contributed by atoms with Crippen molar-refractivity contribution in [3.63, 3.8) is 0 Å². The minimum absolute atomic E-state index is 0.0433. The zero-order chi connectivity index (χ0) is 30.4. The molecule has 3 aliphatic rings. The van der Waals surface area contributed by atoms with Crippen molar-refractivity contribution in [1.29, 1.82) is 5.26 Å². The second-order valence-electron chi connectivity index (χ2n) is 11.9. The summed E-state index contributed by atoms with van der Waals surface area (Å²) < 4.78 is 19.3. The number of nitriles is 1.